The number of piperidine rings is 1. The van der Waals surface area contributed by atoms with E-state index in [-0.39, 0.29) is 25.8 Å². The molecule has 0 amide bonds. The van der Waals surface area contributed by atoms with Crippen LogP contribution in [-0.4, -0.2) is 57.9 Å². The Kier molecular flexibility index (Phi) is 5.90. The van der Waals surface area contributed by atoms with E-state index in [0.717, 1.165) is 0 Å². The third-order valence-electron chi connectivity index (χ3n) is 4.56. The molecule has 1 aromatic carbocycles. The maximum atomic E-state index is 13.4. The third-order valence-corrected chi connectivity index (χ3v) is 4.56. The average Bonchev–Trinajstić information content (AvgIpc) is 2.50. The first-order valence-electron chi connectivity index (χ1n) is 7.93. The SMILES string of the molecule is O=C(O)CCCN1CC[C@@H](O)[C@](Cc2cccc(F)c2)(C(=O)O)C1. The summed E-state index contributed by atoms with van der Waals surface area (Å²) in [4.78, 5) is 24.4. The Balaban J connectivity index is 2.15. The van der Waals surface area contributed by atoms with Gasteiger partial charge in [-0.05, 0) is 43.5 Å². The van der Waals surface area contributed by atoms with Crippen molar-refractivity contribution in [2.75, 3.05) is 19.6 Å². The van der Waals surface area contributed by atoms with E-state index in [4.69, 9.17) is 5.11 Å². The molecule has 24 heavy (non-hydrogen) atoms. The Morgan fingerprint density at radius 1 is 1.33 bits per heavy atom. The molecule has 0 unspecified atom stereocenters. The second-order valence-corrected chi connectivity index (χ2v) is 6.35. The molecule has 0 bridgehead atoms. The van der Waals surface area contributed by atoms with Crippen molar-refractivity contribution in [1.29, 1.82) is 0 Å². The summed E-state index contributed by atoms with van der Waals surface area (Å²) in [6.07, 6.45) is -0.288. The molecule has 1 aliphatic heterocycles. The number of carboxylic acid groups (broad SMARTS) is 2. The zero-order valence-corrected chi connectivity index (χ0v) is 13.3. The number of nitrogens with zero attached hydrogens (tertiary/aromatic N) is 1. The van der Waals surface area contributed by atoms with Crippen LogP contribution in [0.1, 0.15) is 24.8 Å². The number of carboxylic acids is 2. The van der Waals surface area contributed by atoms with Crippen molar-refractivity contribution in [3.8, 4) is 0 Å². The van der Waals surface area contributed by atoms with Crippen LogP contribution >= 0.6 is 0 Å². The molecule has 3 N–H and O–H groups in total. The smallest absolute Gasteiger partial charge is 0.313 e. The van der Waals surface area contributed by atoms with Gasteiger partial charge in [0.2, 0.25) is 0 Å². The molecular weight excluding hydrogens is 317 g/mol. The van der Waals surface area contributed by atoms with Crippen molar-refractivity contribution in [1.82, 2.24) is 4.90 Å². The van der Waals surface area contributed by atoms with Gasteiger partial charge in [0.05, 0.1) is 6.10 Å². The third kappa shape index (κ3) is 4.30. The lowest BCUT2D eigenvalue weighted by molar-refractivity contribution is -0.163. The zero-order valence-electron chi connectivity index (χ0n) is 13.3. The quantitative estimate of drug-likeness (QED) is 0.694. The normalized spacial score (nSPS) is 24.7. The minimum atomic E-state index is -1.42. The van der Waals surface area contributed by atoms with E-state index in [9.17, 15) is 24.2 Å². The second kappa shape index (κ2) is 7.72. The predicted octanol–water partition coefficient (Wildman–Crippen LogP) is 1.37. The molecule has 0 aromatic heterocycles. The fourth-order valence-electron chi connectivity index (χ4n) is 3.28. The molecule has 1 aromatic rings. The number of aliphatic hydroxyl groups is 1. The minimum Gasteiger partial charge on any atom is -0.481 e. The number of hydrogen-bond acceptors (Lipinski definition) is 4. The van der Waals surface area contributed by atoms with Crippen LogP contribution in [0.3, 0.4) is 0 Å². The molecule has 6 nitrogen and oxygen atoms in total. The van der Waals surface area contributed by atoms with Gasteiger partial charge in [-0.3, -0.25) is 9.59 Å². The van der Waals surface area contributed by atoms with Crippen LogP contribution in [0, 0.1) is 11.2 Å². The van der Waals surface area contributed by atoms with Gasteiger partial charge in [-0.2, -0.15) is 0 Å². The molecule has 0 saturated carbocycles. The van der Waals surface area contributed by atoms with Gasteiger partial charge in [0, 0.05) is 19.5 Å². The van der Waals surface area contributed by atoms with E-state index in [2.05, 4.69) is 0 Å². The van der Waals surface area contributed by atoms with E-state index in [1.807, 2.05) is 4.90 Å². The van der Waals surface area contributed by atoms with Gasteiger partial charge in [0.25, 0.3) is 0 Å². The predicted molar refractivity (Wildman–Crippen MR) is 84.1 cm³/mol. The lowest BCUT2D eigenvalue weighted by atomic mass is 9.73. The Morgan fingerprint density at radius 2 is 2.08 bits per heavy atom. The van der Waals surface area contributed by atoms with Crippen LogP contribution < -0.4 is 0 Å². The van der Waals surface area contributed by atoms with Crippen LogP contribution in [-0.2, 0) is 16.0 Å². The van der Waals surface area contributed by atoms with Crippen LogP contribution in [0.4, 0.5) is 4.39 Å². The number of aliphatic carboxylic acids is 2. The molecule has 2 rings (SSSR count). The number of rotatable bonds is 7. The van der Waals surface area contributed by atoms with E-state index in [0.29, 0.717) is 25.1 Å². The summed E-state index contributed by atoms with van der Waals surface area (Å²) < 4.78 is 13.4. The van der Waals surface area contributed by atoms with E-state index in [1.165, 1.54) is 18.2 Å². The number of halogens is 1. The molecule has 1 fully saturated rings. The molecule has 0 radical (unpaired) electrons. The van der Waals surface area contributed by atoms with Gasteiger partial charge < -0.3 is 20.2 Å². The molecule has 0 spiro atoms. The first-order valence-corrected chi connectivity index (χ1v) is 7.93. The number of likely N-dealkylation sites (tertiary alicyclic amines) is 1. The van der Waals surface area contributed by atoms with Crippen LogP contribution in [0.25, 0.3) is 0 Å². The van der Waals surface area contributed by atoms with Crippen molar-refractivity contribution in [2.45, 2.75) is 31.8 Å². The highest BCUT2D eigenvalue weighted by atomic mass is 19.1. The van der Waals surface area contributed by atoms with E-state index >= 15 is 0 Å². The Hall–Kier alpha value is -1.99. The van der Waals surface area contributed by atoms with Crippen LogP contribution in [0.5, 0.6) is 0 Å². The summed E-state index contributed by atoms with van der Waals surface area (Å²) in [7, 11) is 0. The number of aliphatic hydroxyl groups excluding tert-OH is 1. The molecule has 2 atom stereocenters. The summed E-state index contributed by atoms with van der Waals surface area (Å²) in [6.45, 7) is 1.08. The van der Waals surface area contributed by atoms with Crippen molar-refractivity contribution < 1.29 is 29.3 Å². The monoisotopic (exact) mass is 339 g/mol. The van der Waals surface area contributed by atoms with Gasteiger partial charge in [-0.15, -0.1) is 0 Å². The number of benzene rings is 1. The fraction of sp³-hybridized carbons (Fsp3) is 0.529. The van der Waals surface area contributed by atoms with Gasteiger partial charge in [-0.25, -0.2) is 4.39 Å². The van der Waals surface area contributed by atoms with Gasteiger partial charge in [0.15, 0.2) is 0 Å². The van der Waals surface area contributed by atoms with Gasteiger partial charge >= 0.3 is 11.9 Å². The number of carbonyl (C=O) groups is 2. The number of hydrogen-bond donors (Lipinski definition) is 3. The standard InChI is InChI=1S/C17H22FNO5/c18-13-4-1-3-12(9-13)10-17(16(23)24)11-19(8-6-14(17)20)7-2-5-15(21)22/h1,3-4,9,14,20H,2,5-8,10-11H2,(H,21,22)(H,23,24)/t14-,17-/m1/s1. The summed E-state index contributed by atoms with van der Waals surface area (Å²) in [6, 6.07) is 5.72. The molecule has 7 heteroatoms. The first-order chi connectivity index (χ1) is 11.3. The Bertz CT molecular complexity index is 608. The fourth-order valence-corrected chi connectivity index (χ4v) is 3.28. The lowest BCUT2D eigenvalue weighted by Gasteiger charge is -2.43. The van der Waals surface area contributed by atoms with Crippen molar-refractivity contribution in [2.24, 2.45) is 5.41 Å². The maximum absolute atomic E-state index is 13.4. The molecule has 0 aliphatic carbocycles. The van der Waals surface area contributed by atoms with Crippen LogP contribution in [0.2, 0.25) is 0 Å². The average molecular weight is 339 g/mol. The van der Waals surface area contributed by atoms with E-state index < -0.39 is 29.3 Å². The maximum Gasteiger partial charge on any atom is 0.313 e. The molecule has 132 valence electrons. The Labute approximate surface area is 139 Å². The highest BCUT2D eigenvalue weighted by Crippen LogP contribution is 2.35. The molecule has 1 aliphatic rings. The van der Waals surface area contributed by atoms with Crippen molar-refractivity contribution >= 4 is 11.9 Å². The highest BCUT2D eigenvalue weighted by Gasteiger charge is 2.49. The lowest BCUT2D eigenvalue weighted by Crippen LogP contribution is -2.57. The molecular formula is C17H22FNO5. The summed E-state index contributed by atoms with van der Waals surface area (Å²) in [5.74, 6) is -2.46. The van der Waals surface area contributed by atoms with Crippen molar-refractivity contribution in [3.63, 3.8) is 0 Å². The topological polar surface area (TPSA) is 98.1 Å². The molecule has 1 heterocycles. The van der Waals surface area contributed by atoms with Crippen LogP contribution in [0.15, 0.2) is 24.3 Å². The summed E-state index contributed by atoms with van der Waals surface area (Å²) in [5, 5.41) is 28.8. The largest absolute Gasteiger partial charge is 0.481 e. The van der Waals surface area contributed by atoms with Gasteiger partial charge in [0.1, 0.15) is 11.2 Å². The molecule has 1 saturated heterocycles. The summed E-state index contributed by atoms with van der Waals surface area (Å²) >= 11 is 0. The minimum absolute atomic E-state index is 0.0169. The zero-order chi connectivity index (χ0) is 17.7. The highest BCUT2D eigenvalue weighted by molar-refractivity contribution is 5.76. The second-order valence-electron chi connectivity index (χ2n) is 6.35. The van der Waals surface area contributed by atoms with Crippen molar-refractivity contribution in [3.05, 3.63) is 35.6 Å². The van der Waals surface area contributed by atoms with Gasteiger partial charge in [-0.1, -0.05) is 12.1 Å². The Morgan fingerprint density at radius 3 is 2.71 bits per heavy atom. The summed E-state index contributed by atoms with van der Waals surface area (Å²) in [5.41, 5.74) is -0.904. The van der Waals surface area contributed by atoms with E-state index in [1.54, 1.807) is 6.07 Å². The first kappa shape index (κ1) is 18.4.